The Bertz CT molecular complexity index is 1830. The molecule has 7 rings (SSSR count). The minimum atomic E-state index is 0.226. The first-order valence-electron chi connectivity index (χ1n) is 11.4. The molecule has 3 heterocycles. The molecule has 0 atom stereocenters. The molecule has 0 unspecified atom stereocenters. The summed E-state index contributed by atoms with van der Waals surface area (Å²) in [5.74, 6) is 0. The van der Waals surface area contributed by atoms with Crippen LogP contribution in [0.25, 0.3) is 59.8 Å². The SMILES string of the molecule is CC(C)(C)Cc1cccc2c1cc1c3c2ccnc3c2cccc3c4ccccc4n1c32. The lowest BCUT2D eigenvalue weighted by atomic mass is 9.85. The number of aromatic nitrogens is 2. The summed E-state index contributed by atoms with van der Waals surface area (Å²) in [5, 5.41) is 9.04. The van der Waals surface area contributed by atoms with Gasteiger partial charge in [-0.15, -0.1) is 0 Å². The first kappa shape index (κ1) is 18.0. The number of para-hydroxylation sites is 2. The normalized spacial score (nSPS) is 13.0. The fourth-order valence-electron chi connectivity index (χ4n) is 5.74. The Morgan fingerprint density at radius 3 is 2.31 bits per heavy atom. The smallest absolute Gasteiger partial charge is 0.0822 e. The standard InChI is InChI=1S/C30H24N2/c1-30(2,3)17-18-8-6-10-19-21-14-15-31-28-23-12-7-11-22-20-9-4-5-13-25(20)32(29(22)23)26(27(21)28)16-24(18)19/h4-16H,17H2,1-3H3. The highest BCUT2D eigenvalue weighted by atomic mass is 14.9. The van der Waals surface area contributed by atoms with Crippen LogP contribution in [-0.4, -0.2) is 9.38 Å². The van der Waals surface area contributed by atoms with Crippen LogP contribution in [-0.2, 0) is 6.42 Å². The zero-order valence-corrected chi connectivity index (χ0v) is 18.6. The van der Waals surface area contributed by atoms with E-state index in [1.807, 2.05) is 6.20 Å². The lowest BCUT2D eigenvalue weighted by molar-refractivity contribution is 0.412. The number of fused-ring (bicyclic) bond motifs is 7. The lowest BCUT2D eigenvalue weighted by Crippen LogP contribution is -2.09. The van der Waals surface area contributed by atoms with Crippen molar-refractivity contribution in [1.82, 2.24) is 9.38 Å². The summed E-state index contributed by atoms with van der Waals surface area (Å²) in [5.41, 5.74) is 6.53. The molecule has 0 saturated carbocycles. The highest BCUT2D eigenvalue weighted by Crippen LogP contribution is 2.42. The molecule has 0 radical (unpaired) electrons. The molecule has 0 N–H and O–H groups in total. The van der Waals surface area contributed by atoms with E-state index in [4.69, 9.17) is 4.98 Å². The summed E-state index contributed by atoms with van der Waals surface area (Å²) in [6.45, 7) is 6.95. The molecule has 0 aliphatic heterocycles. The molecular weight excluding hydrogens is 388 g/mol. The number of benzene rings is 4. The average molecular weight is 413 g/mol. The van der Waals surface area contributed by atoms with E-state index in [9.17, 15) is 0 Å². The van der Waals surface area contributed by atoms with E-state index in [-0.39, 0.29) is 5.41 Å². The number of hydrogen-bond donors (Lipinski definition) is 0. The minimum absolute atomic E-state index is 0.226. The van der Waals surface area contributed by atoms with Crippen LogP contribution in [0.5, 0.6) is 0 Å². The Kier molecular flexibility index (Phi) is 3.36. The Hall–Kier alpha value is -3.65. The average Bonchev–Trinajstić information content (AvgIpc) is 3.12. The second-order valence-corrected chi connectivity index (χ2v) is 10.3. The monoisotopic (exact) mass is 412 g/mol. The van der Waals surface area contributed by atoms with Crippen molar-refractivity contribution < 1.29 is 0 Å². The molecule has 4 aromatic carbocycles. The van der Waals surface area contributed by atoms with Gasteiger partial charge < -0.3 is 4.40 Å². The van der Waals surface area contributed by atoms with E-state index in [2.05, 4.69) is 98.0 Å². The third-order valence-corrected chi connectivity index (χ3v) is 6.89. The number of hydrogen-bond acceptors (Lipinski definition) is 1. The summed E-state index contributed by atoms with van der Waals surface area (Å²) >= 11 is 0. The lowest BCUT2D eigenvalue weighted by Gasteiger charge is -2.21. The van der Waals surface area contributed by atoms with Crippen LogP contribution in [0.15, 0.2) is 79.0 Å². The Balaban J connectivity index is 1.82. The fourth-order valence-corrected chi connectivity index (χ4v) is 5.74. The first-order chi connectivity index (χ1) is 15.5. The maximum Gasteiger partial charge on any atom is 0.0822 e. The van der Waals surface area contributed by atoms with Crippen molar-refractivity contribution in [3.8, 4) is 0 Å². The van der Waals surface area contributed by atoms with Crippen LogP contribution in [0.2, 0.25) is 0 Å². The molecule has 0 amide bonds. The van der Waals surface area contributed by atoms with Gasteiger partial charge in [0.05, 0.1) is 22.1 Å². The highest BCUT2D eigenvalue weighted by Gasteiger charge is 2.20. The molecule has 3 aromatic heterocycles. The summed E-state index contributed by atoms with van der Waals surface area (Å²) in [4.78, 5) is 4.91. The second kappa shape index (κ2) is 5.98. The quantitative estimate of drug-likeness (QED) is 0.196. The van der Waals surface area contributed by atoms with Crippen molar-refractivity contribution in [3.63, 3.8) is 0 Å². The molecule has 7 aromatic rings. The minimum Gasteiger partial charge on any atom is -0.308 e. The van der Waals surface area contributed by atoms with Gasteiger partial charge in [-0.3, -0.25) is 4.98 Å². The van der Waals surface area contributed by atoms with Gasteiger partial charge in [-0.25, -0.2) is 0 Å². The van der Waals surface area contributed by atoms with Gasteiger partial charge in [0.25, 0.3) is 0 Å². The summed E-state index contributed by atoms with van der Waals surface area (Å²) in [6.07, 6.45) is 3.03. The largest absolute Gasteiger partial charge is 0.308 e. The van der Waals surface area contributed by atoms with E-state index >= 15 is 0 Å². The first-order valence-corrected chi connectivity index (χ1v) is 11.4. The van der Waals surface area contributed by atoms with Crippen LogP contribution in [0.4, 0.5) is 0 Å². The van der Waals surface area contributed by atoms with Crippen molar-refractivity contribution >= 4 is 59.8 Å². The maximum atomic E-state index is 4.91. The van der Waals surface area contributed by atoms with Crippen molar-refractivity contribution in [3.05, 3.63) is 84.6 Å². The molecule has 2 nitrogen and oxygen atoms in total. The molecule has 0 aliphatic carbocycles. The third-order valence-electron chi connectivity index (χ3n) is 6.89. The number of pyridine rings is 2. The fraction of sp³-hybridized carbons (Fsp3) is 0.167. The van der Waals surface area contributed by atoms with Gasteiger partial charge in [0.15, 0.2) is 0 Å². The molecule has 0 saturated heterocycles. The summed E-state index contributed by atoms with van der Waals surface area (Å²) in [6, 6.07) is 26.8. The van der Waals surface area contributed by atoms with Gasteiger partial charge in [-0.05, 0) is 51.8 Å². The van der Waals surface area contributed by atoms with E-state index in [1.165, 1.54) is 59.8 Å². The Labute approximate surface area is 186 Å². The van der Waals surface area contributed by atoms with Crippen LogP contribution >= 0.6 is 0 Å². The predicted molar refractivity (Wildman–Crippen MR) is 137 cm³/mol. The zero-order chi connectivity index (χ0) is 21.6. The third kappa shape index (κ3) is 2.27. The molecule has 32 heavy (non-hydrogen) atoms. The summed E-state index contributed by atoms with van der Waals surface area (Å²) < 4.78 is 2.48. The number of nitrogens with zero attached hydrogens (tertiary/aromatic N) is 2. The molecule has 0 bridgehead atoms. The number of rotatable bonds is 1. The maximum absolute atomic E-state index is 4.91. The Morgan fingerprint density at radius 1 is 0.688 bits per heavy atom. The van der Waals surface area contributed by atoms with Gasteiger partial charge in [0.2, 0.25) is 0 Å². The molecule has 0 aliphatic rings. The molecule has 0 fully saturated rings. The topological polar surface area (TPSA) is 17.3 Å². The molecule has 0 spiro atoms. The van der Waals surface area contributed by atoms with Crippen LogP contribution in [0, 0.1) is 5.41 Å². The van der Waals surface area contributed by atoms with Gasteiger partial charge >= 0.3 is 0 Å². The van der Waals surface area contributed by atoms with Gasteiger partial charge in [0.1, 0.15) is 0 Å². The molecular formula is C30H24N2. The van der Waals surface area contributed by atoms with Crippen molar-refractivity contribution in [1.29, 1.82) is 0 Å². The van der Waals surface area contributed by atoms with Crippen molar-refractivity contribution in [2.24, 2.45) is 5.41 Å². The van der Waals surface area contributed by atoms with E-state index in [0.29, 0.717) is 0 Å². The molecule has 2 heteroatoms. The van der Waals surface area contributed by atoms with Crippen molar-refractivity contribution in [2.75, 3.05) is 0 Å². The highest BCUT2D eigenvalue weighted by molar-refractivity contribution is 6.29. The predicted octanol–water partition coefficient (Wildman–Crippen LogP) is 8.13. The van der Waals surface area contributed by atoms with Gasteiger partial charge in [-0.2, -0.15) is 0 Å². The Morgan fingerprint density at radius 2 is 1.44 bits per heavy atom. The second-order valence-electron chi connectivity index (χ2n) is 10.3. The van der Waals surface area contributed by atoms with E-state index < -0.39 is 0 Å². The van der Waals surface area contributed by atoms with Crippen LogP contribution < -0.4 is 0 Å². The van der Waals surface area contributed by atoms with Gasteiger partial charge in [-0.1, -0.05) is 75.4 Å². The summed E-state index contributed by atoms with van der Waals surface area (Å²) in [7, 11) is 0. The zero-order valence-electron chi connectivity index (χ0n) is 18.6. The van der Waals surface area contributed by atoms with Gasteiger partial charge in [0, 0.05) is 27.7 Å². The van der Waals surface area contributed by atoms with Crippen LogP contribution in [0.1, 0.15) is 26.3 Å². The van der Waals surface area contributed by atoms with E-state index in [0.717, 1.165) is 11.9 Å². The van der Waals surface area contributed by atoms with Crippen LogP contribution in [0.3, 0.4) is 0 Å². The van der Waals surface area contributed by atoms with Crippen molar-refractivity contribution in [2.45, 2.75) is 27.2 Å². The van der Waals surface area contributed by atoms with E-state index in [1.54, 1.807) is 0 Å². The molecule has 154 valence electrons.